The van der Waals surface area contributed by atoms with Gasteiger partial charge in [0.15, 0.2) is 0 Å². The van der Waals surface area contributed by atoms with Crippen LogP contribution in [0.25, 0.3) is 0 Å². The Bertz CT molecular complexity index is 309. The summed E-state index contributed by atoms with van der Waals surface area (Å²) in [5.74, 6) is 0.0378. The SMILES string of the molecule is C[C@@H]1CN(C(=O)c2ccn[nH]2)CCN1. The van der Waals surface area contributed by atoms with Crippen molar-refractivity contribution in [3.63, 3.8) is 0 Å². The van der Waals surface area contributed by atoms with Crippen LogP contribution in [-0.2, 0) is 0 Å². The first kappa shape index (κ1) is 9.21. The Morgan fingerprint density at radius 1 is 1.71 bits per heavy atom. The van der Waals surface area contributed by atoms with Crippen molar-refractivity contribution in [1.29, 1.82) is 0 Å². The van der Waals surface area contributed by atoms with Crippen molar-refractivity contribution in [3.8, 4) is 0 Å². The van der Waals surface area contributed by atoms with E-state index < -0.39 is 0 Å². The molecule has 0 unspecified atom stereocenters. The normalized spacial score (nSPS) is 22.4. The van der Waals surface area contributed by atoms with Crippen LogP contribution < -0.4 is 5.32 Å². The van der Waals surface area contributed by atoms with E-state index in [1.165, 1.54) is 0 Å². The molecule has 5 nitrogen and oxygen atoms in total. The molecule has 0 spiro atoms. The van der Waals surface area contributed by atoms with Gasteiger partial charge in [0, 0.05) is 31.9 Å². The maximum atomic E-state index is 11.8. The number of aromatic nitrogens is 2. The van der Waals surface area contributed by atoms with Gasteiger partial charge in [-0.25, -0.2) is 0 Å². The molecule has 1 aromatic heterocycles. The summed E-state index contributed by atoms with van der Waals surface area (Å²) in [5.41, 5.74) is 0.569. The highest BCUT2D eigenvalue weighted by Crippen LogP contribution is 2.04. The van der Waals surface area contributed by atoms with Gasteiger partial charge in [-0.15, -0.1) is 0 Å². The van der Waals surface area contributed by atoms with Crippen molar-refractivity contribution in [2.45, 2.75) is 13.0 Å². The maximum absolute atomic E-state index is 11.8. The maximum Gasteiger partial charge on any atom is 0.271 e. The molecule has 0 radical (unpaired) electrons. The predicted molar refractivity (Wildman–Crippen MR) is 52.0 cm³/mol. The third-order valence-electron chi connectivity index (χ3n) is 2.39. The van der Waals surface area contributed by atoms with Gasteiger partial charge in [-0.1, -0.05) is 0 Å². The summed E-state index contributed by atoms with van der Waals surface area (Å²) < 4.78 is 0. The Hall–Kier alpha value is -1.36. The highest BCUT2D eigenvalue weighted by Gasteiger charge is 2.21. The lowest BCUT2D eigenvalue weighted by molar-refractivity contribution is 0.0703. The average molecular weight is 194 g/mol. The van der Waals surface area contributed by atoms with Crippen LogP contribution >= 0.6 is 0 Å². The molecule has 1 aliphatic heterocycles. The Morgan fingerprint density at radius 3 is 3.21 bits per heavy atom. The summed E-state index contributed by atoms with van der Waals surface area (Å²) in [6, 6.07) is 2.07. The number of hydrogen-bond donors (Lipinski definition) is 2. The monoisotopic (exact) mass is 194 g/mol. The molecule has 0 aromatic carbocycles. The quantitative estimate of drug-likeness (QED) is 0.653. The molecule has 5 heteroatoms. The van der Waals surface area contributed by atoms with Crippen molar-refractivity contribution in [1.82, 2.24) is 20.4 Å². The van der Waals surface area contributed by atoms with E-state index in [2.05, 4.69) is 22.4 Å². The summed E-state index contributed by atoms with van der Waals surface area (Å²) in [4.78, 5) is 13.7. The van der Waals surface area contributed by atoms with Gasteiger partial charge in [-0.3, -0.25) is 9.89 Å². The van der Waals surface area contributed by atoms with Crippen LogP contribution in [-0.4, -0.2) is 46.7 Å². The molecule has 0 aliphatic carbocycles. The van der Waals surface area contributed by atoms with E-state index >= 15 is 0 Å². The number of nitrogens with zero attached hydrogens (tertiary/aromatic N) is 2. The van der Waals surface area contributed by atoms with Crippen molar-refractivity contribution in [3.05, 3.63) is 18.0 Å². The fraction of sp³-hybridized carbons (Fsp3) is 0.556. The number of hydrogen-bond acceptors (Lipinski definition) is 3. The van der Waals surface area contributed by atoms with Gasteiger partial charge in [0.05, 0.1) is 0 Å². The second kappa shape index (κ2) is 3.79. The summed E-state index contributed by atoms with van der Waals surface area (Å²) >= 11 is 0. The molecule has 2 N–H and O–H groups in total. The molecule has 1 aromatic rings. The number of rotatable bonds is 1. The molecule has 0 saturated carbocycles. The number of piperazine rings is 1. The lowest BCUT2D eigenvalue weighted by Crippen LogP contribution is -2.51. The molecule has 1 aliphatic rings. The van der Waals surface area contributed by atoms with Gasteiger partial charge in [0.2, 0.25) is 0 Å². The number of amides is 1. The highest BCUT2D eigenvalue weighted by atomic mass is 16.2. The minimum absolute atomic E-state index is 0.0378. The average Bonchev–Trinajstić information content (AvgIpc) is 2.69. The number of nitrogens with one attached hydrogen (secondary N) is 2. The Kier molecular flexibility index (Phi) is 2.49. The molecule has 76 valence electrons. The molecule has 1 fully saturated rings. The second-order valence-electron chi connectivity index (χ2n) is 3.58. The van der Waals surface area contributed by atoms with Crippen LogP contribution in [0, 0.1) is 0 Å². The lowest BCUT2D eigenvalue weighted by atomic mass is 10.2. The zero-order valence-corrected chi connectivity index (χ0v) is 8.16. The molecular formula is C9H14N4O. The van der Waals surface area contributed by atoms with E-state index in [1.54, 1.807) is 12.3 Å². The van der Waals surface area contributed by atoms with Gasteiger partial charge in [0.1, 0.15) is 5.69 Å². The first-order valence-electron chi connectivity index (χ1n) is 4.79. The minimum atomic E-state index is 0.0378. The minimum Gasteiger partial charge on any atom is -0.335 e. The highest BCUT2D eigenvalue weighted by molar-refractivity contribution is 5.92. The number of aromatic amines is 1. The summed E-state index contributed by atoms with van der Waals surface area (Å²) in [7, 11) is 0. The van der Waals surface area contributed by atoms with Gasteiger partial charge in [-0.2, -0.15) is 5.10 Å². The summed E-state index contributed by atoms with van der Waals surface area (Å²) in [6.45, 7) is 4.47. The summed E-state index contributed by atoms with van der Waals surface area (Å²) in [6.07, 6.45) is 1.60. The van der Waals surface area contributed by atoms with Gasteiger partial charge in [-0.05, 0) is 13.0 Å². The van der Waals surface area contributed by atoms with E-state index in [1.807, 2.05) is 4.90 Å². The van der Waals surface area contributed by atoms with Gasteiger partial charge < -0.3 is 10.2 Å². The second-order valence-corrected chi connectivity index (χ2v) is 3.58. The smallest absolute Gasteiger partial charge is 0.271 e. The Morgan fingerprint density at radius 2 is 2.57 bits per heavy atom. The molecule has 2 heterocycles. The van der Waals surface area contributed by atoms with Crippen LogP contribution in [0.4, 0.5) is 0 Å². The predicted octanol–water partition coefficient (Wildman–Crippen LogP) is -0.156. The molecule has 1 amide bonds. The first-order chi connectivity index (χ1) is 6.77. The molecule has 0 bridgehead atoms. The third-order valence-corrected chi connectivity index (χ3v) is 2.39. The van der Waals surface area contributed by atoms with E-state index in [0.29, 0.717) is 11.7 Å². The van der Waals surface area contributed by atoms with E-state index in [0.717, 1.165) is 19.6 Å². The van der Waals surface area contributed by atoms with Crippen LogP contribution in [0.1, 0.15) is 17.4 Å². The first-order valence-corrected chi connectivity index (χ1v) is 4.79. The zero-order chi connectivity index (χ0) is 9.97. The van der Waals surface area contributed by atoms with Crippen molar-refractivity contribution >= 4 is 5.91 Å². The largest absolute Gasteiger partial charge is 0.335 e. The standard InChI is InChI=1S/C9H14N4O/c1-7-6-13(5-4-10-7)9(14)8-2-3-11-12-8/h2-3,7,10H,4-6H2,1H3,(H,11,12)/t7-/m1/s1. The van der Waals surface area contributed by atoms with Crippen LogP contribution in [0.3, 0.4) is 0 Å². The zero-order valence-electron chi connectivity index (χ0n) is 8.16. The van der Waals surface area contributed by atoms with Crippen LogP contribution in [0.15, 0.2) is 12.3 Å². The molecule has 2 rings (SSSR count). The van der Waals surface area contributed by atoms with Crippen LogP contribution in [0.2, 0.25) is 0 Å². The van der Waals surface area contributed by atoms with Gasteiger partial charge in [0.25, 0.3) is 5.91 Å². The number of carbonyl (C=O) groups excluding carboxylic acids is 1. The fourth-order valence-corrected chi connectivity index (χ4v) is 1.66. The molecule has 1 saturated heterocycles. The number of carbonyl (C=O) groups is 1. The van der Waals surface area contributed by atoms with Gasteiger partial charge >= 0.3 is 0 Å². The van der Waals surface area contributed by atoms with Crippen LogP contribution in [0.5, 0.6) is 0 Å². The Labute approximate surface area is 82.5 Å². The van der Waals surface area contributed by atoms with E-state index in [9.17, 15) is 4.79 Å². The van der Waals surface area contributed by atoms with Crippen molar-refractivity contribution in [2.75, 3.05) is 19.6 Å². The molecule has 1 atom stereocenters. The van der Waals surface area contributed by atoms with E-state index in [-0.39, 0.29) is 5.91 Å². The topological polar surface area (TPSA) is 61.0 Å². The van der Waals surface area contributed by atoms with Crippen molar-refractivity contribution in [2.24, 2.45) is 0 Å². The molecular weight excluding hydrogens is 180 g/mol. The third kappa shape index (κ3) is 1.77. The Balaban J connectivity index is 2.04. The fourth-order valence-electron chi connectivity index (χ4n) is 1.66. The lowest BCUT2D eigenvalue weighted by Gasteiger charge is -2.31. The summed E-state index contributed by atoms with van der Waals surface area (Å²) in [5, 5.41) is 9.75. The number of H-pyrrole nitrogens is 1. The van der Waals surface area contributed by atoms with E-state index in [4.69, 9.17) is 0 Å². The molecule has 14 heavy (non-hydrogen) atoms. The van der Waals surface area contributed by atoms with Crippen molar-refractivity contribution < 1.29 is 4.79 Å².